The minimum absolute atomic E-state index is 0.0381. The van der Waals surface area contributed by atoms with Crippen molar-refractivity contribution >= 4 is 52.5 Å². The molecule has 15 nitrogen and oxygen atoms in total. The summed E-state index contributed by atoms with van der Waals surface area (Å²) in [5, 5.41) is 8.90. The Kier molecular flexibility index (Phi) is 10.1. The molecule has 0 aromatic carbocycles. The van der Waals surface area contributed by atoms with Gasteiger partial charge in [0.25, 0.3) is 0 Å². The van der Waals surface area contributed by atoms with E-state index >= 15 is 0 Å². The number of Topliss-reactive ketones (excluding diaryl/α,β-unsaturated/α-hetero) is 1. The monoisotopic (exact) mass is 646 g/mol. The predicted octanol–water partition coefficient (Wildman–Crippen LogP) is 4.12. The van der Waals surface area contributed by atoms with Crippen molar-refractivity contribution in [1.29, 1.82) is 5.26 Å². The quantitative estimate of drug-likeness (QED) is 0.181. The molecule has 45 heavy (non-hydrogen) atoms. The smallest absolute Gasteiger partial charge is 0.425 e. The lowest BCUT2D eigenvalue weighted by Crippen LogP contribution is -2.44. The van der Waals surface area contributed by atoms with Crippen molar-refractivity contribution in [2.75, 3.05) is 11.5 Å². The highest BCUT2D eigenvalue weighted by atomic mass is 35.5. The van der Waals surface area contributed by atoms with Gasteiger partial charge in [-0.2, -0.15) is 20.1 Å². The van der Waals surface area contributed by atoms with Gasteiger partial charge < -0.3 is 23.7 Å². The molecule has 0 bridgehead atoms. The van der Waals surface area contributed by atoms with Crippen LogP contribution in [0.2, 0.25) is 5.28 Å². The Balaban J connectivity index is 2.18. The molecule has 2 aromatic heterocycles. The summed E-state index contributed by atoms with van der Waals surface area (Å²) in [5.41, 5.74) is -3.49. The van der Waals surface area contributed by atoms with Crippen molar-refractivity contribution in [3.63, 3.8) is 0 Å². The van der Waals surface area contributed by atoms with E-state index in [1.807, 2.05) is 0 Å². The second-order valence-corrected chi connectivity index (χ2v) is 12.7. The zero-order chi connectivity index (χ0) is 34.1. The summed E-state index contributed by atoms with van der Waals surface area (Å²) in [6.45, 7) is 13.3. The number of terminal acetylenes is 1. The average Bonchev–Trinajstić information content (AvgIpc) is 3.41. The molecule has 5 atom stereocenters. The van der Waals surface area contributed by atoms with Gasteiger partial charge >= 0.3 is 18.2 Å². The Morgan fingerprint density at radius 2 is 1.71 bits per heavy atom. The molecule has 3 heterocycles. The molecule has 1 fully saturated rings. The molecule has 16 heteroatoms. The third-order valence-corrected chi connectivity index (χ3v) is 6.51. The Morgan fingerprint density at radius 3 is 2.18 bits per heavy atom. The molecule has 1 saturated heterocycles. The second-order valence-electron chi connectivity index (χ2n) is 12.4. The fourth-order valence-corrected chi connectivity index (χ4v) is 4.49. The zero-order valence-electron chi connectivity index (χ0n) is 26.4. The van der Waals surface area contributed by atoms with Crippen molar-refractivity contribution in [2.24, 2.45) is 5.41 Å². The number of carbonyl (C=O) groups excluding carboxylic acids is 4. The number of ether oxygens (including phenoxy) is 5. The molecule has 0 spiro atoms. The number of imide groups is 1. The fraction of sp³-hybridized carbons (Fsp3) is 0.586. The van der Waals surface area contributed by atoms with Crippen LogP contribution in [0.3, 0.4) is 0 Å². The van der Waals surface area contributed by atoms with E-state index in [1.165, 1.54) is 24.7 Å². The topological polar surface area (TPSA) is 185 Å². The number of imidazole rings is 1. The maximum atomic E-state index is 13.3. The highest BCUT2D eigenvalue weighted by Crippen LogP contribution is 2.46. The molecule has 0 N–H and O–H groups in total. The van der Waals surface area contributed by atoms with Crippen LogP contribution in [-0.2, 0) is 33.3 Å². The number of rotatable bonds is 7. The van der Waals surface area contributed by atoms with E-state index in [4.69, 9.17) is 41.7 Å². The largest absolute Gasteiger partial charge is 0.456 e. The molecule has 2 aromatic rings. The molecule has 1 aliphatic rings. The summed E-state index contributed by atoms with van der Waals surface area (Å²) in [6.07, 6.45) is 0.170. The normalized spacial score (nSPS) is 22.2. The maximum absolute atomic E-state index is 13.3. The summed E-state index contributed by atoms with van der Waals surface area (Å²) in [7, 11) is 0. The Bertz CT molecular complexity index is 1550. The van der Waals surface area contributed by atoms with Gasteiger partial charge in [-0.1, -0.05) is 5.92 Å². The number of aromatic nitrogens is 4. The number of halogens is 1. The van der Waals surface area contributed by atoms with Gasteiger partial charge in [0.05, 0.1) is 18.3 Å². The minimum Gasteiger partial charge on any atom is -0.456 e. The van der Waals surface area contributed by atoms with Crippen LogP contribution in [0.5, 0.6) is 0 Å². The molecular weight excluding hydrogens is 612 g/mol. The van der Waals surface area contributed by atoms with Gasteiger partial charge in [0.1, 0.15) is 23.4 Å². The predicted molar refractivity (Wildman–Crippen MR) is 158 cm³/mol. The van der Waals surface area contributed by atoms with Crippen LogP contribution in [-0.4, -0.2) is 79.6 Å². The third kappa shape index (κ3) is 7.86. The van der Waals surface area contributed by atoms with Gasteiger partial charge in [-0.3, -0.25) is 14.2 Å². The number of nitriles is 1. The minimum atomic E-state index is -1.38. The van der Waals surface area contributed by atoms with Gasteiger partial charge in [-0.05, 0) is 67.0 Å². The number of nitrogens with zero attached hydrogens (tertiary/aromatic N) is 6. The Morgan fingerprint density at radius 1 is 1.13 bits per heavy atom. The van der Waals surface area contributed by atoms with Crippen molar-refractivity contribution in [3.8, 4) is 18.4 Å². The first kappa shape index (κ1) is 35.2. The maximum Gasteiger partial charge on any atom is 0.425 e. The zero-order valence-corrected chi connectivity index (χ0v) is 27.2. The van der Waals surface area contributed by atoms with E-state index in [-0.39, 0.29) is 23.6 Å². The molecule has 0 radical (unpaired) electrons. The summed E-state index contributed by atoms with van der Waals surface area (Å²) < 4.78 is 29.6. The summed E-state index contributed by atoms with van der Waals surface area (Å²) in [4.78, 5) is 63.9. The highest BCUT2D eigenvalue weighted by molar-refractivity contribution is 6.29. The molecule has 2 amide bonds. The van der Waals surface area contributed by atoms with Crippen molar-refractivity contribution in [1.82, 2.24) is 19.5 Å². The van der Waals surface area contributed by atoms with E-state index in [9.17, 15) is 24.4 Å². The lowest BCUT2D eigenvalue weighted by Gasteiger charge is -2.30. The first-order chi connectivity index (χ1) is 20.7. The van der Waals surface area contributed by atoms with Crippen molar-refractivity contribution in [2.45, 2.75) is 98.1 Å². The highest BCUT2D eigenvalue weighted by Gasteiger charge is 2.56. The molecule has 1 aliphatic heterocycles. The lowest BCUT2D eigenvalue weighted by atomic mass is 9.81. The van der Waals surface area contributed by atoms with Crippen LogP contribution in [0.1, 0.15) is 68.5 Å². The lowest BCUT2D eigenvalue weighted by molar-refractivity contribution is -0.155. The van der Waals surface area contributed by atoms with Crippen molar-refractivity contribution in [3.05, 3.63) is 11.6 Å². The molecule has 1 unspecified atom stereocenters. The third-order valence-electron chi connectivity index (χ3n) is 6.34. The van der Waals surface area contributed by atoms with Gasteiger partial charge in [-0.15, -0.1) is 6.42 Å². The van der Waals surface area contributed by atoms with Gasteiger partial charge in [0.2, 0.25) is 11.4 Å². The van der Waals surface area contributed by atoms with E-state index in [0.717, 1.165) is 0 Å². The second kappa shape index (κ2) is 13.0. The van der Waals surface area contributed by atoms with Crippen LogP contribution in [0.4, 0.5) is 15.4 Å². The van der Waals surface area contributed by atoms with Crippen molar-refractivity contribution < 1.29 is 42.9 Å². The average molecular weight is 647 g/mol. The number of fused-ring (bicyclic) bond motifs is 1. The number of amides is 2. The number of anilines is 1. The first-order valence-electron chi connectivity index (χ1n) is 13.7. The van der Waals surface area contributed by atoms with Crippen LogP contribution >= 0.6 is 11.6 Å². The molecule has 0 saturated carbocycles. The number of hydrogen-bond acceptors (Lipinski definition) is 13. The first-order valence-corrected chi connectivity index (χ1v) is 14.1. The number of ketones is 1. The van der Waals surface area contributed by atoms with E-state index in [1.54, 1.807) is 54.5 Å². The molecule has 0 aliphatic carbocycles. The van der Waals surface area contributed by atoms with E-state index < -0.39 is 70.4 Å². The van der Waals surface area contributed by atoms with Crippen LogP contribution in [0.15, 0.2) is 6.33 Å². The molecular formula is C29H35ClN6O9. The van der Waals surface area contributed by atoms with Crippen LogP contribution in [0.25, 0.3) is 11.2 Å². The number of hydrogen-bond donors (Lipinski definition) is 0. The van der Waals surface area contributed by atoms with Gasteiger partial charge in [-0.25, -0.2) is 14.6 Å². The molecule has 3 rings (SSSR count). The molecule has 242 valence electrons. The standard InChI is InChI=1S/C29H35ClN6O9/c1-11-29(10)18(13-41-17(12-31)15(2)37)43-23(20(29)42-16(3)38)35-14-32-19-21(35)33-24(30)34-22(19)36(25(39)44-27(4,5)6)26(40)45-28(7,8)9/h1,14,17-18,20,23H,13H2,2-10H3/t17?,18-,20+,23-,29+/m1/s1. The SMILES string of the molecule is C#C[C@@]1(C)[C@@H](COC(C#N)C(C)=O)O[C@@H](n2cnc3c(N(C(=O)OC(C)(C)C)C(=O)OC(C)(C)C)nc(Cl)nc32)[C@@H]1OC(C)=O. The fourth-order valence-electron chi connectivity index (χ4n) is 4.33. The van der Waals surface area contributed by atoms with E-state index in [2.05, 4.69) is 20.9 Å². The van der Waals surface area contributed by atoms with Crippen LogP contribution < -0.4 is 4.90 Å². The number of esters is 1. The van der Waals surface area contributed by atoms with Crippen LogP contribution in [0, 0.1) is 29.1 Å². The Labute approximate surface area is 265 Å². The summed E-state index contributed by atoms with van der Waals surface area (Å²) in [6, 6.07) is 1.76. The van der Waals surface area contributed by atoms with E-state index in [0.29, 0.717) is 4.90 Å². The summed E-state index contributed by atoms with van der Waals surface area (Å²) >= 11 is 6.31. The van der Waals surface area contributed by atoms with Gasteiger partial charge in [0, 0.05) is 6.92 Å². The Hall–Kier alpha value is -4.31. The summed E-state index contributed by atoms with van der Waals surface area (Å²) in [5.74, 6) is 1.03. The van der Waals surface area contributed by atoms with Gasteiger partial charge in [0.15, 0.2) is 35.1 Å². The number of carbonyl (C=O) groups is 4.